The van der Waals surface area contributed by atoms with Gasteiger partial charge in [-0.05, 0) is 13.3 Å². The molecular weight excluding hydrogens is 264 g/mol. The number of esters is 3. The molecule has 0 amide bonds. The molecule has 0 aromatic carbocycles. The van der Waals surface area contributed by atoms with Gasteiger partial charge < -0.3 is 14.2 Å². The molecule has 116 valence electrons. The van der Waals surface area contributed by atoms with Crippen LogP contribution < -0.4 is 0 Å². The van der Waals surface area contributed by atoms with Gasteiger partial charge in [0.15, 0.2) is 0 Å². The fraction of sp³-hybridized carbons (Fsp3) is 0.786. The van der Waals surface area contributed by atoms with Crippen LogP contribution >= 0.6 is 0 Å². The Morgan fingerprint density at radius 2 is 1.30 bits per heavy atom. The highest BCUT2D eigenvalue weighted by Crippen LogP contribution is 2.22. The first kappa shape index (κ1) is 18.4. The van der Waals surface area contributed by atoms with Crippen molar-refractivity contribution in [3.05, 3.63) is 0 Å². The van der Waals surface area contributed by atoms with Crippen LogP contribution in [0.1, 0.15) is 48.0 Å². The van der Waals surface area contributed by atoms with E-state index in [1.165, 1.54) is 20.8 Å². The number of carbonyl (C=O) groups is 3. The predicted molar refractivity (Wildman–Crippen MR) is 71.8 cm³/mol. The third kappa shape index (κ3) is 6.54. The zero-order chi connectivity index (χ0) is 15.9. The van der Waals surface area contributed by atoms with Gasteiger partial charge in [-0.15, -0.1) is 0 Å². The van der Waals surface area contributed by atoms with Crippen molar-refractivity contribution in [2.75, 3.05) is 0 Å². The molecule has 0 fully saturated rings. The van der Waals surface area contributed by atoms with Crippen molar-refractivity contribution in [2.24, 2.45) is 5.92 Å². The van der Waals surface area contributed by atoms with Crippen LogP contribution in [-0.2, 0) is 28.6 Å². The summed E-state index contributed by atoms with van der Waals surface area (Å²) in [6, 6.07) is 0. The zero-order valence-corrected chi connectivity index (χ0v) is 13.0. The molecule has 6 nitrogen and oxygen atoms in total. The summed E-state index contributed by atoms with van der Waals surface area (Å²) in [7, 11) is 0. The van der Waals surface area contributed by atoms with Crippen LogP contribution in [0, 0.1) is 5.92 Å². The van der Waals surface area contributed by atoms with E-state index in [9.17, 15) is 14.4 Å². The molecule has 0 heterocycles. The standard InChI is InChI=1S/C14H24O6/c1-7-13(19-11(5)16)14(20-12(6)17)8(2)9(3)18-10(4)15/h8-9,13-14H,7H2,1-6H3. The molecule has 0 rings (SSSR count). The molecule has 0 radical (unpaired) electrons. The summed E-state index contributed by atoms with van der Waals surface area (Å²) in [5.74, 6) is -1.62. The van der Waals surface area contributed by atoms with Gasteiger partial charge in [0.2, 0.25) is 0 Å². The first-order chi connectivity index (χ1) is 9.18. The van der Waals surface area contributed by atoms with E-state index in [1.54, 1.807) is 13.8 Å². The topological polar surface area (TPSA) is 78.9 Å². The minimum Gasteiger partial charge on any atom is -0.462 e. The Morgan fingerprint density at radius 1 is 0.850 bits per heavy atom. The third-order valence-corrected chi connectivity index (χ3v) is 3.00. The Morgan fingerprint density at radius 3 is 1.65 bits per heavy atom. The van der Waals surface area contributed by atoms with Crippen molar-refractivity contribution in [3.63, 3.8) is 0 Å². The van der Waals surface area contributed by atoms with Gasteiger partial charge in [-0.2, -0.15) is 0 Å². The van der Waals surface area contributed by atoms with Crippen molar-refractivity contribution in [1.82, 2.24) is 0 Å². The van der Waals surface area contributed by atoms with Crippen LogP contribution in [0.5, 0.6) is 0 Å². The summed E-state index contributed by atoms with van der Waals surface area (Å²) in [6.07, 6.45) is -1.18. The molecule has 0 N–H and O–H groups in total. The van der Waals surface area contributed by atoms with Gasteiger partial charge in [0, 0.05) is 26.7 Å². The number of carbonyl (C=O) groups excluding carboxylic acids is 3. The highest BCUT2D eigenvalue weighted by molar-refractivity contribution is 5.67. The van der Waals surface area contributed by atoms with E-state index in [2.05, 4.69) is 0 Å². The minimum absolute atomic E-state index is 0.299. The lowest BCUT2D eigenvalue weighted by Crippen LogP contribution is -2.43. The average Bonchev–Trinajstić information content (AvgIpc) is 2.31. The fourth-order valence-electron chi connectivity index (χ4n) is 1.95. The molecule has 0 aromatic heterocycles. The molecule has 0 aliphatic carbocycles. The molecule has 0 aromatic rings. The van der Waals surface area contributed by atoms with Crippen LogP contribution in [0.25, 0.3) is 0 Å². The second-order valence-corrected chi connectivity index (χ2v) is 4.80. The van der Waals surface area contributed by atoms with E-state index in [0.29, 0.717) is 6.42 Å². The lowest BCUT2D eigenvalue weighted by atomic mass is 9.93. The monoisotopic (exact) mass is 288 g/mol. The number of ether oxygens (including phenoxy) is 3. The van der Waals surface area contributed by atoms with Gasteiger partial charge in [-0.3, -0.25) is 14.4 Å². The highest BCUT2D eigenvalue weighted by Gasteiger charge is 2.35. The molecule has 0 saturated carbocycles. The Hall–Kier alpha value is -1.59. The van der Waals surface area contributed by atoms with Crippen molar-refractivity contribution in [3.8, 4) is 0 Å². The molecule has 0 aliphatic rings. The van der Waals surface area contributed by atoms with Crippen LogP contribution in [-0.4, -0.2) is 36.2 Å². The molecule has 6 heteroatoms. The van der Waals surface area contributed by atoms with E-state index < -0.39 is 36.2 Å². The maximum atomic E-state index is 11.2. The largest absolute Gasteiger partial charge is 0.462 e. The second kappa shape index (κ2) is 8.55. The van der Waals surface area contributed by atoms with E-state index >= 15 is 0 Å². The van der Waals surface area contributed by atoms with Gasteiger partial charge in [-0.1, -0.05) is 13.8 Å². The molecular formula is C14H24O6. The van der Waals surface area contributed by atoms with E-state index in [0.717, 1.165) is 0 Å². The van der Waals surface area contributed by atoms with Gasteiger partial charge >= 0.3 is 17.9 Å². The third-order valence-electron chi connectivity index (χ3n) is 3.00. The van der Waals surface area contributed by atoms with E-state index in [1.807, 2.05) is 6.92 Å². The quantitative estimate of drug-likeness (QED) is 0.525. The molecule has 4 atom stereocenters. The van der Waals surface area contributed by atoms with Gasteiger partial charge in [0.1, 0.15) is 18.3 Å². The molecule has 0 bridgehead atoms. The summed E-state index contributed by atoms with van der Waals surface area (Å²) < 4.78 is 15.5. The SMILES string of the molecule is CCC(OC(C)=O)C(OC(C)=O)C(C)C(C)OC(C)=O. The van der Waals surface area contributed by atoms with Crippen molar-refractivity contribution >= 4 is 17.9 Å². The summed E-state index contributed by atoms with van der Waals surface area (Å²) in [5.41, 5.74) is 0. The first-order valence-corrected chi connectivity index (χ1v) is 6.70. The molecule has 20 heavy (non-hydrogen) atoms. The van der Waals surface area contributed by atoms with Crippen molar-refractivity contribution < 1.29 is 28.6 Å². The maximum Gasteiger partial charge on any atom is 0.303 e. The van der Waals surface area contributed by atoms with Crippen LogP contribution in [0.15, 0.2) is 0 Å². The number of hydrogen-bond donors (Lipinski definition) is 0. The molecule has 0 aliphatic heterocycles. The average molecular weight is 288 g/mol. The Labute approximate surface area is 119 Å². The van der Waals surface area contributed by atoms with Gasteiger partial charge in [-0.25, -0.2) is 0 Å². The van der Waals surface area contributed by atoms with Crippen molar-refractivity contribution in [2.45, 2.75) is 66.3 Å². The Balaban J connectivity index is 5.04. The number of rotatable bonds is 7. The minimum atomic E-state index is -0.657. The predicted octanol–water partition coefficient (Wildman–Crippen LogP) is 1.85. The van der Waals surface area contributed by atoms with Crippen LogP contribution in [0.3, 0.4) is 0 Å². The van der Waals surface area contributed by atoms with Crippen molar-refractivity contribution in [1.29, 1.82) is 0 Å². The summed E-state index contributed by atoms with van der Waals surface area (Å²) >= 11 is 0. The fourth-order valence-corrected chi connectivity index (χ4v) is 1.95. The lowest BCUT2D eigenvalue weighted by molar-refractivity contribution is -0.176. The normalized spacial score (nSPS) is 16.5. The van der Waals surface area contributed by atoms with Crippen LogP contribution in [0.4, 0.5) is 0 Å². The first-order valence-electron chi connectivity index (χ1n) is 6.70. The Kier molecular flexibility index (Phi) is 7.87. The second-order valence-electron chi connectivity index (χ2n) is 4.80. The summed E-state index contributed by atoms with van der Waals surface area (Å²) in [5, 5.41) is 0. The van der Waals surface area contributed by atoms with Gasteiger partial charge in [0.25, 0.3) is 0 Å². The molecule has 0 spiro atoms. The molecule has 4 unspecified atom stereocenters. The zero-order valence-electron chi connectivity index (χ0n) is 13.0. The Bertz CT molecular complexity index is 352. The van der Waals surface area contributed by atoms with Crippen LogP contribution in [0.2, 0.25) is 0 Å². The summed E-state index contributed by atoms with van der Waals surface area (Å²) in [4.78, 5) is 33.4. The molecule has 0 saturated heterocycles. The van der Waals surface area contributed by atoms with E-state index in [-0.39, 0.29) is 5.92 Å². The lowest BCUT2D eigenvalue weighted by Gasteiger charge is -2.32. The smallest absolute Gasteiger partial charge is 0.303 e. The van der Waals surface area contributed by atoms with E-state index in [4.69, 9.17) is 14.2 Å². The summed E-state index contributed by atoms with van der Waals surface area (Å²) in [6.45, 7) is 9.22. The van der Waals surface area contributed by atoms with Gasteiger partial charge in [0.05, 0.1) is 0 Å². The number of hydrogen-bond acceptors (Lipinski definition) is 6. The maximum absolute atomic E-state index is 11.2. The highest BCUT2D eigenvalue weighted by atomic mass is 16.6.